The lowest BCUT2D eigenvalue weighted by molar-refractivity contribution is -0.172. The van der Waals surface area contributed by atoms with Crippen LogP contribution in [0.15, 0.2) is 48.5 Å². The van der Waals surface area contributed by atoms with Crippen molar-refractivity contribution in [3.63, 3.8) is 0 Å². The summed E-state index contributed by atoms with van der Waals surface area (Å²) in [6.07, 6.45) is 1.41. The molecule has 192 valence electrons. The first kappa shape index (κ1) is 24.8. The fourth-order valence-electron chi connectivity index (χ4n) is 6.81. The number of hydrogen-bond acceptors (Lipinski definition) is 4. The van der Waals surface area contributed by atoms with Crippen LogP contribution < -0.4 is 0 Å². The number of halogens is 3. The minimum atomic E-state index is -4.44. The molecule has 2 aromatic rings. The number of likely N-dealkylation sites (N-methyl/N-ethyl adjacent to an activating group) is 2. The molecule has 0 spiro atoms. The molecule has 36 heavy (non-hydrogen) atoms. The topological polar surface area (TPSA) is 64.0 Å². The highest BCUT2D eigenvalue weighted by Crippen LogP contribution is 2.58. The van der Waals surface area contributed by atoms with E-state index >= 15 is 0 Å². The molecule has 2 bridgehead atoms. The van der Waals surface area contributed by atoms with Crippen LogP contribution in [0, 0.1) is 0 Å². The Balaban J connectivity index is 1.41. The van der Waals surface area contributed by atoms with E-state index in [1.807, 2.05) is 13.1 Å². The molecule has 2 aliphatic carbocycles. The molecular formula is C28H31F3N2O3. The van der Waals surface area contributed by atoms with E-state index in [0.717, 1.165) is 29.8 Å². The maximum Gasteiger partial charge on any atom is 0.416 e. The van der Waals surface area contributed by atoms with Gasteiger partial charge in [-0.05, 0) is 92.7 Å². The monoisotopic (exact) mass is 500 g/mol. The first-order chi connectivity index (χ1) is 16.9. The molecule has 1 amide bonds. The molecule has 4 atom stereocenters. The second-order valence-corrected chi connectivity index (χ2v) is 10.6. The van der Waals surface area contributed by atoms with Crippen LogP contribution in [0.1, 0.15) is 47.9 Å². The first-order valence-electron chi connectivity index (χ1n) is 12.3. The normalized spacial score (nSPS) is 30.1. The highest BCUT2D eigenvalue weighted by atomic mass is 19.4. The molecule has 3 aliphatic rings. The third-order valence-corrected chi connectivity index (χ3v) is 8.80. The highest BCUT2D eigenvalue weighted by Gasteiger charge is 2.64. The van der Waals surface area contributed by atoms with E-state index in [1.165, 1.54) is 24.3 Å². The van der Waals surface area contributed by atoms with Crippen LogP contribution in [0.5, 0.6) is 5.75 Å². The molecule has 0 aromatic heterocycles. The number of fused-ring (bicyclic) bond motifs is 1. The van der Waals surface area contributed by atoms with E-state index in [0.29, 0.717) is 37.7 Å². The third-order valence-electron chi connectivity index (χ3n) is 8.80. The largest absolute Gasteiger partial charge is 0.508 e. The number of phenolic OH excluding ortho intramolecular Hbond substituents is 1. The predicted octanol–water partition coefficient (Wildman–Crippen LogP) is 4.36. The van der Waals surface area contributed by atoms with Crippen molar-refractivity contribution in [2.45, 2.75) is 61.4 Å². The van der Waals surface area contributed by atoms with Crippen LogP contribution in [-0.2, 0) is 22.8 Å². The number of carbonyl (C=O) groups excluding carboxylic acids is 1. The summed E-state index contributed by atoms with van der Waals surface area (Å²) < 4.78 is 39.1. The zero-order valence-electron chi connectivity index (χ0n) is 20.4. The molecule has 1 heterocycles. The van der Waals surface area contributed by atoms with E-state index in [2.05, 4.69) is 4.90 Å². The molecule has 2 fully saturated rings. The van der Waals surface area contributed by atoms with Crippen LogP contribution in [0.3, 0.4) is 0 Å². The molecule has 2 N–H and O–H groups in total. The van der Waals surface area contributed by atoms with Gasteiger partial charge in [0.15, 0.2) is 0 Å². The van der Waals surface area contributed by atoms with Crippen molar-refractivity contribution in [3.8, 4) is 5.75 Å². The van der Waals surface area contributed by atoms with Gasteiger partial charge in [-0.3, -0.25) is 4.79 Å². The molecule has 1 saturated carbocycles. The van der Waals surface area contributed by atoms with Gasteiger partial charge in [0, 0.05) is 30.6 Å². The van der Waals surface area contributed by atoms with Gasteiger partial charge >= 0.3 is 6.18 Å². The second-order valence-electron chi connectivity index (χ2n) is 10.6. The molecule has 1 saturated heterocycles. The van der Waals surface area contributed by atoms with Gasteiger partial charge in [-0.25, -0.2) is 0 Å². The zero-order chi connectivity index (χ0) is 25.9. The van der Waals surface area contributed by atoms with Gasteiger partial charge in [-0.1, -0.05) is 18.2 Å². The summed E-state index contributed by atoms with van der Waals surface area (Å²) in [5, 5.41) is 22.4. The number of nitrogens with zero attached hydrogens (tertiary/aromatic N) is 2. The molecule has 0 radical (unpaired) electrons. The van der Waals surface area contributed by atoms with Crippen molar-refractivity contribution >= 4 is 12.0 Å². The number of phenols is 1. The lowest BCUT2D eigenvalue weighted by Crippen LogP contribution is -2.73. The number of amides is 1. The standard InChI is InChI=1S/C28H31F3N2O3/c1-32-13-12-26-17-21(10-11-27(26,36)24(32)15-19-7-8-22(34)16-23(19)26)33(2)25(35)9-6-18-4-3-5-20(14-18)28(29,30)31/h3-9,14,16,21,24,34,36H,10-13,15,17H2,1-2H3/t21-,24-,26-,27+/m1/s1. The summed E-state index contributed by atoms with van der Waals surface area (Å²) in [4.78, 5) is 16.9. The quantitative estimate of drug-likeness (QED) is 0.615. The number of carbonyl (C=O) groups is 1. The third kappa shape index (κ3) is 3.91. The van der Waals surface area contributed by atoms with Crippen LogP contribution in [0.4, 0.5) is 13.2 Å². The molecule has 0 unspecified atom stereocenters. The van der Waals surface area contributed by atoms with Gasteiger partial charge < -0.3 is 20.0 Å². The summed E-state index contributed by atoms with van der Waals surface area (Å²) in [5.41, 5.74) is 0.0889. The Morgan fingerprint density at radius 2 is 1.97 bits per heavy atom. The molecular weight excluding hydrogens is 469 g/mol. The molecule has 5 rings (SSSR count). The van der Waals surface area contributed by atoms with Gasteiger partial charge in [0.2, 0.25) is 5.91 Å². The van der Waals surface area contributed by atoms with Crippen LogP contribution in [0.25, 0.3) is 6.08 Å². The highest BCUT2D eigenvalue weighted by molar-refractivity contribution is 5.91. The molecule has 1 aliphatic heterocycles. The summed E-state index contributed by atoms with van der Waals surface area (Å²) in [6, 6.07) is 10.1. The van der Waals surface area contributed by atoms with Crippen molar-refractivity contribution in [2.24, 2.45) is 0 Å². The fraction of sp³-hybridized carbons (Fsp3) is 0.464. The van der Waals surface area contributed by atoms with Crippen molar-refractivity contribution in [3.05, 3.63) is 70.8 Å². The van der Waals surface area contributed by atoms with Crippen molar-refractivity contribution < 1.29 is 28.2 Å². The number of benzene rings is 2. The van der Waals surface area contributed by atoms with Crippen molar-refractivity contribution in [1.82, 2.24) is 9.80 Å². The van der Waals surface area contributed by atoms with Gasteiger partial charge in [-0.2, -0.15) is 13.2 Å². The number of piperidine rings is 1. The Morgan fingerprint density at radius 3 is 2.72 bits per heavy atom. The lowest BCUT2D eigenvalue weighted by Gasteiger charge is -2.64. The minimum Gasteiger partial charge on any atom is -0.508 e. The van der Waals surface area contributed by atoms with E-state index < -0.39 is 22.8 Å². The summed E-state index contributed by atoms with van der Waals surface area (Å²) in [6.45, 7) is 0.807. The number of aliphatic hydroxyl groups is 1. The van der Waals surface area contributed by atoms with Gasteiger partial charge in [0.1, 0.15) is 5.75 Å². The second kappa shape index (κ2) is 8.63. The van der Waals surface area contributed by atoms with Crippen LogP contribution >= 0.6 is 0 Å². The number of likely N-dealkylation sites (tertiary alicyclic amines) is 1. The zero-order valence-corrected chi connectivity index (χ0v) is 20.4. The Kier molecular flexibility index (Phi) is 5.95. The van der Waals surface area contributed by atoms with Gasteiger partial charge in [-0.15, -0.1) is 0 Å². The average molecular weight is 501 g/mol. The smallest absolute Gasteiger partial charge is 0.416 e. The minimum absolute atomic E-state index is 0.0361. The van der Waals surface area contributed by atoms with Crippen molar-refractivity contribution in [2.75, 3.05) is 20.6 Å². The SMILES string of the molecule is CN1CC[C@]23C[C@H](N(C)C(=O)C=Cc4cccc(C(F)(F)F)c4)CC[C@]2(O)[C@H]1Cc1ccc(O)cc13. The van der Waals surface area contributed by atoms with E-state index in [1.54, 1.807) is 24.1 Å². The van der Waals surface area contributed by atoms with Gasteiger partial charge in [0.25, 0.3) is 0 Å². The Bertz CT molecular complexity index is 1210. The summed E-state index contributed by atoms with van der Waals surface area (Å²) in [7, 11) is 3.75. The summed E-state index contributed by atoms with van der Waals surface area (Å²) in [5.74, 6) is -0.130. The summed E-state index contributed by atoms with van der Waals surface area (Å²) >= 11 is 0. The molecule has 8 heteroatoms. The fourth-order valence-corrected chi connectivity index (χ4v) is 6.81. The Hall–Kier alpha value is -2.84. The Labute approximate surface area is 208 Å². The van der Waals surface area contributed by atoms with Crippen LogP contribution in [0.2, 0.25) is 0 Å². The number of hydrogen-bond donors (Lipinski definition) is 2. The molecule has 2 aromatic carbocycles. The number of rotatable bonds is 3. The van der Waals surface area contributed by atoms with Gasteiger partial charge in [0.05, 0.1) is 11.2 Å². The lowest BCUT2D eigenvalue weighted by atomic mass is 9.49. The predicted molar refractivity (Wildman–Crippen MR) is 130 cm³/mol. The van der Waals surface area contributed by atoms with Crippen molar-refractivity contribution in [1.29, 1.82) is 0 Å². The van der Waals surface area contributed by atoms with E-state index in [4.69, 9.17) is 0 Å². The number of alkyl halides is 3. The maximum absolute atomic E-state index is 13.1. The maximum atomic E-state index is 13.1. The van der Waals surface area contributed by atoms with E-state index in [-0.39, 0.29) is 23.7 Å². The average Bonchev–Trinajstić information content (AvgIpc) is 2.84. The van der Waals surface area contributed by atoms with E-state index in [9.17, 15) is 28.2 Å². The molecule has 5 nitrogen and oxygen atoms in total. The first-order valence-corrected chi connectivity index (χ1v) is 12.3. The Morgan fingerprint density at radius 1 is 1.19 bits per heavy atom. The number of aromatic hydroxyl groups is 1. The van der Waals surface area contributed by atoms with Crippen LogP contribution in [-0.4, -0.2) is 64.2 Å².